The van der Waals surface area contributed by atoms with E-state index >= 15 is 0 Å². The van der Waals surface area contributed by atoms with Crippen LogP contribution in [0.25, 0.3) is 0 Å². The Morgan fingerprint density at radius 2 is 1.75 bits per heavy atom. The average Bonchev–Trinajstić information content (AvgIpc) is 2.48. The van der Waals surface area contributed by atoms with E-state index in [1.807, 2.05) is 36.4 Å². The molecule has 2 N–H and O–H groups in total. The van der Waals surface area contributed by atoms with Crippen molar-refractivity contribution in [1.29, 1.82) is 0 Å². The Hall–Kier alpha value is -1.71. The van der Waals surface area contributed by atoms with Gasteiger partial charge in [0.25, 0.3) is 0 Å². The topological polar surface area (TPSA) is 41.5 Å². The molecule has 0 aliphatic rings. The number of halogens is 1. The standard InChI is InChI=1S/C16H18ClNO2/c1-20-15-8-6-14(7-9-15)18-11-10-16(19)12-2-4-13(17)5-3-12/h2-9,16,18-19H,10-11H2,1H3. The molecule has 0 aliphatic heterocycles. The van der Waals surface area contributed by atoms with Gasteiger partial charge in [0.1, 0.15) is 5.75 Å². The molecular weight excluding hydrogens is 274 g/mol. The lowest BCUT2D eigenvalue weighted by molar-refractivity contribution is 0.171. The summed E-state index contributed by atoms with van der Waals surface area (Å²) in [6, 6.07) is 15.0. The fourth-order valence-corrected chi connectivity index (χ4v) is 2.04. The minimum absolute atomic E-state index is 0.488. The second-order valence-electron chi connectivity index (χ2n) is 4.51. The van der Waals surface area contributed by atoms with Crippen LogP contribution in [-0.2, 0) is 0 Å². The van der Waals surface area contributed by atoms with Crippen molar-refractivity contribution >= 4 is 17.3 Å². The lowest BCUT2D eigenvalue weighted by Gasteiger charge is -2.12. The maximum Gasteiger partial charge on any atom is 0.119 e. The second-order valence-corrected chi connectivity index (χ2v) is 4.95. The molecule has 20 heavy (non-hydrogen) atoms. The van der Waals surface area contributed by atoms with E-state index in [0.29, 0.717) is 18.0 Å². The van der Waals surface area contributed by atoms with E-state index in [2.05, 4.69) is 5.32 Å². The molecule has 0 spiro atoms. The third-order valence-corrected chi connectivity index (χ3v) is 3.34. The first-order valence-corrected chi connectivity index (χ1v) is 6.88. The second kappa shape index (κ2) is 7.17. The summed E-state index contributed by atoms with van der Waals surface area (Å²) in [5.41, 5.74) is 1.89. The predicted octanol–water partition coefficient (Wildman–Crippen LogP) is 3.88. The Balaban J connectivity index is 1.81. The Kier molecular flexibility index (Phi) is 5.27. The molecule has 0 radical (unpaired) electrons. The molecule has 0 aliphatic carbocycles. The van der Waals surface area contributed by atoms with Crippen molar-refractivity contribution in [2.75, 3.05) is 19.0 Å². The summed E-state index contributed by atoms with van der Waals surface area (Å²) in [6.45, 7) is 0.691. The Labute approximate surface area is 124 Å². The molecule has 1 atom stereocenters. The highest BCUT2D eigenvalue weighted by atomic mass is 35.5. The lowest BCUT2D eigenvalue weighted by Crippen LogP contribution is -2.07. The summed E-state index contributed by atoms with van der Waals surface area (Å²) in [5.74, 6) is 0.830. The van der Waals surface area contributed by atoms with Gasteiger partial charge in [-0.3, -0.25) is 0 Å². The van der Waals surface area contributed by atoms with Gasteiger partial charge in [0.05, 0.1) is 13.2 Å². The van der Waals surface area contributed by atoms with Crippen LogP contribution in [0, 0.1) is 0 Å². The number of methoxy groups -OCH3 is 1. The predicted molar refractivity (Wildman–Crippen MR) is 82.5 cm³/mol. The van der Waals surface area contributed by atoms with E-state index in [1.165, 1.54) is 0 Å². The molecule has 2 rings (SSSR count). The molecule has 0 fully saturated rings. The van der Waals surface area contributed by atoms with Gasteiger partial charge in [-0.15, -0.1) is 0 Å². The van der Waals surface area contributed by atoms with Crippen LogP contribution in [0.2, 0.25) is 5.02 Å². The van der Waals surface area contributed by atoms with Crippen molar-refractivity contribution in [3.63, 3.8) is 0 Å². The Morgan fingerprint density at radius 3 is 2.35 bits per heavy atom. The number of nitrogens with one attached hydrogen (secondary N) is 1. The van der Waals surface area contributed by atoms with Gasteiger partial charge in [0, 0.05) is 17.3 Å². The normalized spacial score (nSPS) is 11.9. The van der Waals surface area contributed by atoms with E-state index in [-0.39, 0.29) is 0 Å². The molecule has 2 aromatic rings. The third-order valence-electron chi connectivity index (χ3n) is 3.09. The number of aliphatic hydroxyl groups is 1. The zero-order valence-corrected chi connectivity index (χ0v) is 12.1. The van der Waals surface area contributed by atoms with Gasteiger partial charge in [0.15, 0.2) is 0 Å². The zero-order chi connectivity index (χ0) is 14.4. The number of hydrogen-bond acceptors (Lipinski definition) is 3. The highest BCUT2D eigenvalue weighted by Gasteiger charge is 2.06. The molecule has 3 nitrogen and oxygen atoms in total. The molecule has 4 heteroatoms. The van der Waals surface area contributed by atoms with Crippen LogP contribution in [0.4, 0.5) is 5.69 Å². The fourth-order valence-electron chi connectivity index (χ4n) is 1.91. The number of hydrogen-bond donors (Lipinski definition) is 2. The number of anilines is 1. The summed E-state index contributed by atoms with van der Waals surface area (Å²) in [5, 5.41) is 14.0. The van der Waals surface area contributed by atoms with Crippen LogP contribution < -0.4 is 10.1 Å². The molecule has 2 aromatic carbocycles. The van der Waals surface area contributed by atoms with E-state index in [4.69, 9.17) is 16.3 Å². The summed E-state index contributed by atoms with van der Waals surface area (Å²) in [7, 11) is 1.64. The third kappa shape index (κ3) is 4.15. The van der Waals surface area contributed by atoms with Gasteiger partial charge >= 0.3 is 0 Å². The van der Waals surface area contributed by atoms with Crippen molar-refractivity contribution in [3.8, 4) is 5.75 Å². The van der Waals surface area contributed by atoms with Crippen molar-refractivity contribution in [1.82, 2.24) is 0 Å². The van der Waals surface area contributed by atoms with Gasteiger partial charge in [-0.2, -0.15) is 0 Å². The van der Waals surface area contributed by atoms with Gasteiger partial charge in [-0.05, 0) is 48.4 Å². The number of aliphatic hydroxyl groups excluding tert-OH is 1. The number of rotatable bonds is 6. The first kappa shape index (κ1) is 14.7. The van der Waals surface area contributed by atoms with E-state index in [0.717, 1.165) is 17.0 Å². The number of ether oxygens (including phenoxy) is 1. The summed E-state index contributed by atoms with van der Waals surface area (Å²) in [4.78, 5) is 0. The highest BCUT2D eigenvalue weighted by molar-refractivity contribution is 6.30. The maximum absolute atomic E-state index is 10.1. The van der Waals surface area contributed by atoms with E-state index in [1.54, 1.807) is 19.2 Å². The summed E-state index contributed by atoms with van der Waals surface area (Å²) in [6.07, 6.45) is 0.145. The smallest absolute Gasteiger partial charge is 0.119 e. The zero-order valence-electron chi connectivity index (χ0n) is 11.3. The van der Waals surface area contributed by atoms with Crippen molar-refractivity contribution < 1.29 is 9.84 Å². The van der Waals surface area contributed by atoms with Crippen molar-refractivity contribution in [3.05, 3.63) is 59.1 Å². The average molecular weight is 292 g/mol. The van der Waals surface area contributed by atoms with Crippen LogP contribution in [0.5, 0.6) is 5.75 Å². The van der Waals surface area contributed by atoms with Crippen molar-refractivity contribution in [2.24, 2.45) is 0 Å². The number of benzene rings is 2. The van der Waals surface area contributed by atoms with Crippen LogP contribution in [0.3, 0.4) is 0 Å². The quantitative estimate of drug-likeness (QED) is 0.848. The maximum atomic E-state index is 10.1. The van der Waals surface area contributed by atoms with Gasteiger partial charge < -0.3 is 15.2 Å². The van der Waals surface area contributed by atoms with Gasteiger partial charge in [-0.25, -0.2) is 0 Å². The molecule has 0 heterocycles. The first-order valence-electron chi connectivity index (χ1n) is 6.50. The van der Waals surface area contributed by atoms with Crippen LogP contribution in [0.15, 0.2) is 48.5 Å². The molecule has 106 valence electrons. The molecule has 0 saturated carbocycles. The van der Waals surface area contributed by atoms with Crippen LogP contribution in [0.1, 0.15) is 18.1 Å². The van der Waals surface area contributed by atoms with Crippen LogP contribution in [-0.4, -0.2) is 18.8 Å². The minimum atomic E-state index is -0.488. The molecule has 0 amide bonds. The van der Waals surface area contributed by atoms with E-state index in [9.17, 15) is 5.11 Å². The van der Waals surface area contributed by atoms with Crippen molar-refractivity contribution in [2.45, 2.75) is 12.5 Å². The summed E-state index contributed by atoms with van der Waals surface area (Å²) < 4.78 is 5.10. The fraction of sp³-hybridized carbons (Fsp3) is 0.250. The molecule has 1 unspecified atom stereocenters. The van der Waals surface area contributed by atoms with Gasteiger partial charge in [-0.1, -0.05) is 23.7 Å². The van der Waals surface area contributed by atoms with E-state index < -0.39 is 6.10 Å². The molecule has 0 saturated heterocycles. The van der Waals surface area contributed by atoms with Crippen LogP contribution >= 0.6 is 11.6 Å². The molecule has 0 aromatic heterocycles. The molecular formula is C16H18ClNO2. The highest BCUT2D eigenvalue weighted by Crippen LogP contribution is 2.20. The largest absolute Gasteiger partial charge is 0.497 e. The first-order chi connectivity index (χ1) is 9.69. The van der Waals surface area contributed by atoms with Gasteiger partial charge in [0.2, 0.25) is 0 Å². The SMILES string of the molecule is COc1ccc(NCCC(O)c2ccc(Cl)cc2)cc1. The lowest BCUT2D eigenvalue weighted by atomic mass is 10.1. The Bertz CT molecular complexity index is 525. The Morgan fingerprint density at radius 1 is 1.10 bits per heavy atom. The summed E-state index contributed by atoms with van der Waals surface area (Å²) >= 11 is 5.82. The minimum Gasteiger partial charge on any atom is -0.497 e. The monoisotopic (exact) mass is 291 g/mol. The molecule has 0 bridgehead atoms.